The van der Waals surface area contributed by atoms with E-state index < -0.39 is 13.4 Å². The Balaban J connectivity index is 0.000000168. The third-order valence-electron chi connectivity index (χ3n) is 3.98. The molecule has 0 saturated heterocycles. The molecule has 4 aliphatic rings. The highest BCUT2D eigenvalue weighted by molar-refractivity contribution is 7.45. The van der Waals surface area contributed by atoms with Crippen molar-refractivity contribution in [2.45, 2.75) is 44.1 Å². The van der Waals surface area contributed by atoms with Crippen LogP contribution in [0.2, 0.25) is 0 Å². The summed E-state index contributed by atoms with van der Waals surface area (Å²) >= 11 is 0. The lowest BCUT2D eigenvalue weighted by Crippen LogP contribution is -2.49. The summed E-state index contributed by atoms with van der Waals surface area (Å²) in [6.45, 7) is 0. The molecule has 16 heavy (non-hydrogen) atoms. The van der Waals surface area contributed by atoms with Gasteiger partial charge in [0, 0.05) is 0 Å². The van der Waals surface area contributed by atoms with Crippen molar-refractivity contribution < 1.29 is 24.4 Å². The van der Waals surface area contributed by atoms with Crippen LogP contribution in [0.4, 0.5) is 0 Å². The molecule has 0 unspecified atom stereocenters. The number of hydrogen-bond donors (Lipinski definition) is 3. The Labute approximate surface area is 94.7 Å². The van der Waals surface area contributed by atoms with Gasteiger partial charge < -0.3 is 14.7 Å². The van der Waals surface area contributed by atoms with Crippen LogP contribution in [0.5, 0.6) is 0 Å². The lowest BCUT2D eigenvalue weighted by atomic mass is 9.54. The maximum absolute atomic E-state index is 12.0. The summed E-state index contributed by atoms with van der Waals surface area (Å²) in [5.74, 6) is 2.50. The molecule has 0 atom stereocenters. The van der Waals surface area contributed by atoms with E-state index in [0.29, 0.717) is 0 Å². The lowest BCUT2D eigenvalue weighted by molar-refractivity contribution is -0.160. The summed E-state index contributed by atoms with van der Waals surface area (Å²) in [6, 6.07) is 0. The van der Waals surface area contributed by atoms with Crippen LogP contribution < -0.4 is 0 Å². The molecule has 4 aliphatic carbocycles. The second-order valence-corrected chi connectivity index (χ2v) is 6.64. The van der Waals surface area contributed by atoms with Crippen molar-refractivity contribution in [2.75, 3.05) is 0 Å². The van der Waals surface area contributed by atoms with Gasteiger partial charge in [-0.2, -0.15) is 0 Å². The van der Waals surface area contributed by atoms with Gasteiger partial charge in [0.05, 0.1) is 0 Å². The molecule has 4 saturated carbocycles. The van der Waals surface area contributed by atoms with Gasteiger partial charge >= 0.3 is 7.82 Å². The minimum absolute atomic E-state index is 0.450. The van der Waals surface area contributed by atoms with Crippen molar-refractivity contribution >= 4 is 7.82 Å². The number of rotatable bonds is 0. The maximum atomic E-state index is 12.0. The van der Waals surface area contributed by atoms with Crippen LogP contribution in [0.25, 0.3) is 0 Å². The zero-order chi connectivity index (χ0) is 12.0. The molecular weight excluding hydrogens is 231 g/mol. The monoisotopic (exact) mass is 249 g/mol. The molecule has 0 aromatic carbocycles. The van der Waals surface area contributed by atoms with Crippen molar-refractivity contribution in [1.29, 1.82) is 0 Å². The fraction of sp³-hybridized carbons (Fsp3) is 1.00. The lowest BCUT2D eigenvalue weighted by Gasteiger charge is -2.52. The molecule has 0 aromatic rings. The molecule has 4 fully saturated rings. The summed E-state index contributed by atoms with van der Waals surface area (Å²) in [7, 11) is -4.64. The van der Waals surface area contributed by atoms with Gasteiger partial charge in [-0.1, -0.05) is 0 Å². The van der Waals surface area contributed by atoms with Crippen LogP contribution in [0.1, 0.15) is 38.5 Å². The van der Waals surface area contributed by atoms with Gasteiger partial charge in [-0.15, -0.1) is 0 Å². The summed E-state index contributed by atoms with van der Waals surface area (Å²) in [6.07, 6.45) is 7.21. The molecule has 0 aromatic heterocycles. The van der Waals surface area contributed by atoms with E-state index in [-0.39, 0.29) is 0 Å². The zero-order valence-corrected chi connectivity index (χ0v) is 9.97. The minimum atomic E-state index is -4.64. The largest absolute Gasteiger partial charge is 0.466 e. The Bertz CT molecular complexity index is 267. The van der Waals surface area contributed by atoms with Crippen LogP contribution in [-0.2, 0) is 9.67 Å². The fourth-order valence-corrected chi connectivity index (χ4v) is 4.03. The predicted molar refractivity (Wildman–Crippen MR) is 55.9 cm³/mol. The Kier molecular flexibility index (Phi) is 3.19. The third-order valence-corrected chi connectivity index (χ3v) is 3.98. The first-order chi connectivity index (χ1) is 7.23. The van der Waals surface area contributed by atoms with E-state index >= 15 is 0 Å². The van der Waals surface area contributed by atoms with E-state index in [0.717, 1.165) is 37.0 Å². The van der Waals surface area contributed by atoms with Crippen molar-refractivity contribution in [3.63, 3.8) is 0 Å². The van der Waals surface area contributed by atoms with E-state index in [1.54, 1.807) is 0 Å². The van der Waals surface area contributed by atoms with E-state index in [9.17, 15) is 5.11 Å². The third kappa shape index (κ3) is 3.28. The van der Waals surface area contributed by atoms with Crippen molar-refractivity contribution in [1.82, 2.24) is 0 Å². The van der Waals surface area contributed by atoms with E-state index in [1.165, 1.54) is 19.3 Å². The van der Waals surface area contributed by atoms with Gasteiger partial charge in [0.15, 0.2) is 0 Å². The van der Waals surface area contributed by atoms with Gasteiger partial charge in [0.2, 0.25) is 0 Å². The highest BCUT2D eigenvalue weighted by Crippen LogP contribution is 2.55. The molecule has 0 aliphatic heterocycles. The number of hydrogen-bond acceptors (Lipinski definition) is 1. The average molecular weight is 249 g/mol. The second-order valence-electron chi connectivity index (χ2n) is 5.61. The fourth-order valence-electron chi connectivity index (χ4n) is 4.03. The molecule has 4 rings (SSSR count). The first-order valence-electron chi connectivity index (χ1n) is 5.72. The molecular formula is C10H18O5P. The molecule has 0 amide bonds. The van der Waals surface area contributed by atoms with Crippen molar-refractivity contribution in [3.8, 4) is 0 Å². The molecule has 4 bridgehead atoms. The first-order valence-corrected chi connectivity index (χ1v) is 7.29. The predicted octanol–water partition coefficient (Wildman–Crippen LogP) is 1.46. The molecule has 1 radical (unpaired) electrons. The van der Waals surface area contributed by atoms with Gasteiger partial charge in [-0.25, -0.2) is 9.67 Å². The summed E-state index contributed by atoms with van der Waals surface area (Å²) in [4.78, 5) is 21.6. The molecule has 5 nitrogen and oxygen atoms in total. The van der Waals surface area contributed by atoms with Crippen LogP contribution in [0.15, 0.2) is 0 Å². The van der Waals surface area contributed by atoms with E-state index in [4.69, 9.17) is 19.2 Å². The topological polar surface area (TPSA) is 97.7 Å². The van der Waals surface area contributed by atoms with Crippen LogP contribution in [0.3, 0.4) is 0 Å². The van der Waals surface area contributed by atoms with E-state index in [1.807, 2.05) is 0 Å². The number of phosphoric acid groups is 1. The quantitative estimate of drug-likeness (QED) is 0.566. The summed E-state index contributed by atoms with van der Waals surface area (Å²) in [5, 5.41) is 12.0. The zero-order valence-electron chi connectivity index (χ0n) is 9.08. The second kappa shape index (κ2) is 4.07. The van der Waals surface area contributed by atoms with Gasteiger partial charge in [0.1, 0.15) is 5.60 Å². The van der Waals surface area contributed by atoms with Crippen molar-refractivity contribution in [2.24, 2.45) is 17.8 Å². The molecule has 0 heterocycles. The standard InChI is InChI=1S/C10H15O.H3O4P/c11-10-4-7-1-8(5-10)3-9(2-7)6-10;1-5(2,3)4/h7-9H,1-6H2;(H3,1,2,3,4). The minimum Gasteiger partial charge on any atom is -0.303 e. The van der Waals surface area contributed by atoms with Crippen LogP contribution in [-0.4, -0.2) is 20.3 Å². The molecule has 6 heteroatoms. The van der Waals surface area contributed by atoms with Crippen LogP contribution >= 0.6 is 7.82 Å². The van der Waals surface area contributed by atoms with Crippen molar-refractivity contribution in [3.05, 3.63) is 0 Å². The smallest absolute Gasteiger partial charge is 0.303 e. The normalized spacial score (nSPS) is 45.1. The molecule has 0 spiro atoms. The maximum Gasteiger partial charge on any atom is 0.466 e. The van der Waals surface area contributed by atoms with Gasteiger partial charge in [0.25, 0.3) is 0 Å². The molecule has 93 valence electrons. The highest BCUT2D eigenvalue weighted by Gasteiger charge is 2.51. The summed E-state index contributed by atoms with van der Waals surface area (Å²) < 4.78 is 8.88. The molecule has 3 N–H and O–H groups in total. The Morgan fingerprint density at radius 2 is 1.12 bits per heavy atom. The summed E-state index contributed by atoms with van der Waals surface area (Å²) in [5.41, 5.74) is -0.450. The van der Waals surface area contributed by atoms with Gasteiger partial charge in [-0.3, -0.25) is 0 Å². The Hall–Kier alpha value is 0.0700. The van der Waals surface area contributed by atoms with Gasteiger partial charge in [-0.05, 0) is 56.3 Å². The Morgan fingerprint density at radius 1 is 0.875 bits per heavy atom. The SMILES string of the molecule is O=P(O)(O)O.[O]C12CC3CC(CC(C3)C1)C2. The average Bonchev–Trinajstić information content (AvgIpc) is 1.93. The van der Waals surface area contributed by atoms with E-state index in [2.05, 4.69) is 0 Å². The Morgan fingerprint density at radius 3 is 1.31 bits per heavy atom. The van der Waals surface area contributed by atoms with Crippen LogP contribution in [0, 0.1) is 17.8 Å². The first kappa shape index (κ1) is 12.5. The highest BCUT2D eigenvalue weighted by atomic mass is 31.2.